The van der Waals surface area contributed by atoms with Gasteiger partial charge in [0, 0.05) is 12.6 Å². The number of nitrogens with one attached hydrogen (secondary N) is 1. The quantitative estimate of drug-likeness (QED) is 0.712. The molecule has 1 aliphatic carbocycles. The van der Waals surface area contributed by atoms with Crippen LogP contribution in [0.4, 0.5) is 0 Å². The highest BCUT2D eigenvalue weighted by Gasteiger charge is 2.33. The molecule has 1 saturated heterocycles. The standard InChI is InChI=1S/C11H20N2O2/c1-7-4-8(5-7)13-11(14)10-3-2-9(6-12)15-10/h7-10H,2-6,12H2,1H3,(H,13,14). The molecule has 86 valence electrons. The zero-order valence-corrected chi connectivity index (χ0v) is 9.24. The van der Waals surface area contributed by atoms with Gasteiger partial charge < -0.3 is 15.8 Å². The molecule has 1 saturated carbocycles. The van der Waals surface area contributed by atoms with Crippen molar-refractivity contribution in [3.63, 3.8) is 0 Å². The van der Waals surface area contributed by atoms with Gasteiger partial charge in [0.2, 0.25) is 5.91 Å². The van der Waals surface area contributed by atoms with Gasteiger partial charge in [-0.3, -0.25) is 4.79 Å². The summed E-state index contributed by atoms with van der Waals surface area (Å²) in [7, 11) is 0. The van der Waals surface area contributed by atoms with E-state index < -0.39 is 0 Å². The largest absolute Gasteiger partial charge is 0.364 e. The average Bonchev–Trinajstić information content (AvgIpc) is 2.63. The van der Waals surface area contributed by atoms with Gasteiger partial charge in [0.1, 0.15) is 6.10 Å². The molecule has 0 aromatic heterocycles. The fourth-order valence-corrected chi connectivity index (χ4v) is 2.39. The molecule has 0 spiro atoms. The summed E-state index contributed by atoms with van der Waals surface area (Å²) in [6, 6.07) is 0.382. The lowest BCUT2D eigenvalue weighted by molar-refractivity contribution is -0.133. The lowest BCUT2D eigenvalue weighted by Crippen LogP contribution is -2.47. The van der Waals surface area contributed by atoms with Gasteiger partial charge in [0.05, 0.1) is 6.10 Å². The molecule has 0 aromatic carbocycles. The fourth-order valence-electron chi connectivity index (χ4n) is 2.39. The van der Waals surface area contributed by atoms with Crippen LogP contribution in [0.5, 0.6) is 0 Å². The fraction of sp³-hybridized carbons (Fsp3) is 0.909. The predicted molar refractivity (Wildman–Crippen MR) is 57.3 cm³/mol. The van der Waals surface area contributed by atoms with Gasteiger partial charge in [-0.15, -0.1) is 0 Å². The summed E-state index contributed by atoms with van der Waals surface area (Å²) in [6.45, 7) is 2.73. The molecule has 0 radical (unpaired) electrons. The maximum atomic E-state index is 11.7. The molecule has 1 aliphatic heterocycles. The summed E-state index contributed by atoms with van der Waals surface area (Å²) in [6.07, 6.45) is 3.78. The van der Waals surface area contributed by atoms with Crippen LogP contribution in [0.2, 0.25) is 0 Å². The van der Waals surface area contributed by atoms with E-state index in [4.69, 9.17) is 10.5 Å². The van der Waals surface area contributed by atoms with Crippen molar-refractivity contribution in [2.75, 3.05) is 6.54 Å². The highest BCUT2D eigenvalue weighted by atomic mass is 16.5. The second kappa shape index (κ2) is 4.49. The molecule has 2 aliphatic rings. The van der Waals surface area contributed by atoms with Crippen molar-refractivity contribution < 1.29 is 9.53 Å². The molecule has 2 rings (SSSR count). The first-order chi connectivity index (χ1) is 7.19. The summed E-state index contributed by atoms with van der Waals surface area (Å²) in [5.41, 5.74) is 5.50. The molecule has 1 heterocycles. The lowest BCUT2D eigenvalue weighted by atomic mass is 9.82. The molecular weight excluding hydrogens is 192 g/mol. The highest BCUT2D eigenvalue weighted by molar-refractivity contribution is 5.81. The number of rotatable bonds is 3. The van der Waals surface area contributed by atoms with Crippen molar-refractivity contribution in [3.05, 3.63) is 0 Å². The summed E-state index contributed by atoms with van der Waals surface area (Å²) in [4.78, 5) is 11.7. The molecule has 15 heavy (non-hydrogen) atoms. The Balaban J connectivity index is 1.72. The molecule has 0 aromatic rings. The second-order valence-electron chi connectivity index (χ2n) is 4.84. The van der Waals surface area contributed by atoms with Gasteiger partial charge >= 0.3 is 0 Å². The number of hydrogen-bond acceptors (Lipinski definition) is 3. The van der Waals surface area contributed by atoms with E-state index in [1.165, 1.54) is 0 Å². The minimum atomic E-state index is -0.255. The van der Waals surface area contributed by atoms with E-state index >= 15 is 0 Å². The van der Waals surface area contributed by atoms with Crippen LogP contribution in [0.25, 0.3) is 0 Å². The third kappa shape index (κ3) is 2.49. The van der Waals surface area contributed by atoms with Gasteiger partial charge in [-0.05, 0) is 31.6 Å². The van der Waals surface area contributed by atoms with Crippen LogP contribution < -0.4 is 11.1 Å². The van der Waals surface area contributed by atoms with Crippen LogP contribution in [0.3, 0.4) is 0 Å². The Kier molecular flexibility index (Phi) is 3.26. The van der Waals surface area contributed by atoms with E-state index in [0.717, 1.165) is 31.6 Å². The van der Waals surface area contributed by atoms with E-state index in [1.807, 2.05) is 0 Å². The minimum Gasteiger partial charge on any atom is -0.364 e. The van der Waals surface area contributed by atoms with E-state index in [0.29, 0.717) is 12.6 Å². The van der Waals surface area contributed by atoms with Crippen molar-refractivity contribution in [2.45, 2.75) is 50.9 Å². The number of ether oxygens (including phenoxy) is 1. The maximum absolute atomic E-state index is 11.7. The van der Waals surface area contributed by atoms with E-state index in [9.17, 15) is 4.79 Å². The molecule has 1 amide bonds. The Morgan fingerprint density at radius 1 is 1.47 bits per heavy atom. The summed E-state index contributed by atoms with van der Waals surface area (Å²) in [5, 5.41) is 3.03. The van der Waals surface area contributed by atoms with Gasteiger partial charge in [-0.1, -0.05) is 6.92 Å². The van der Waals surface area contributed by atoms with Crippen LogP contribution in [0.1, 0.15) is 32.6 Å². The Labute approximate surface area is 90.5 Å². The predicted octanol–water partition coefficient (Wildman–Crippen LogP) is 0.407. The smallest absolute Gasteiger partial charge is 0.249 e. The SMILES string of the molecule is CC1CC(NC(=O)C2CCC(CN)O2)C1. The molecule has 0 bridgehead atoms. The third-order valence-electron chi connectivity index (χ3n) is 3.38. The average molecular weight is 212 g/mol. The third-order valence-corrected chi connectivity index (χ3v) is 3.38. The minimum absolute atomic E-state index is 0.0582. The Hall–Kier alpha value is -0.610. The Bertz CT molecular complexity index is 239. The first-order valence-electron chi connectivity index (χ1n) is 5.85. The number of carbonyl (C=O) groups is 1. The zero-order valence-electron chi connectivity index (χ0n) is 9.24. The van der Waals surface area contributed by atoms with Crippen LogP contribution in [-0.2, 0) is 9.53 Å². The van der Waals surface area contributed by atoms with Crippen molar-refractivity contribution in [1.29, 1.82) is 0 Å². The molecular formula is C11H20N2O2. The second-order valence-corrected chi connectivity index (χ2v) is 4.84. The number of hydrogen-bond donors (Lipinski definition) is 2. The number of carbonyl (C=O) groups excluding carboxylic acids is 1. The van der Waals surface area contributed by atoms with Crippen molar-refractivity contribution in [1.82, 2.24) is 5.32 Å². The van der Waals surface area contributed by atoms with E-state index in [-0.39, 0.29) is 18.1 Å². The summed E-state index contributed by atoms with van der Waals surface area (Å²) >= 11 is 0. The molecule has 2 atom stereocenters. The number of nitrogens with two attached hydrogens (primary N) is 1. The van der Waals surface area contributed by atoms with Crippen LogP contribution in [0.15, 0.2) is 0 Å². The molecule has 4 heteroatoms. The normalized spacial score (nSPS) is 39.9. The van der Waals surface area contributed by atoms with E-state index in [2.05, 4.69) is 12.2 Å². The maximum Gasteiger partial charge on any atom is 0.249 e. The van der Waals surface area contributed by atoms with Crippen LogP contribution in [-0.4, -0.2) is 30.7 Å². The first-order valence-corrected chi connectivity index (χ1v) is 5.85. The van der Waals surface area contributed by atoms with Gasteiger partial charge in [-0.2, -0.15) is 0 Å². The highest BCUT2D eigenvalue weighted by Crippen LogP contribution is 2.27. The number of amides is 1. The summed E-state index contributed by atoms with van der Waals surface area (Å²) in [5.74, 6) is 0.819. The van der Waals surface area contributed by atoms with Crippen molar-refractivity contribution in [3.8, 4) is 0 Å². The monoisotopic (exact) mass is 212 g/mol. The topological polar surface area (TPSA) is 64.4 Å². The lowest BCUT2D eigenvalue weighted by Gasteiger charge is -2.33. The van der Waals surface area contributed by atoms with Crippen LogP contribution in [0, 0.1) is 5.92 Å². The van der Waals surface area contributed by atoms with Crippen molar-refractivity contribution in [2.24, 2.45) is 11.7 Å². The van der Waals surface area contributed by atoms with Crippen LogP contribution >= 0.6 is 0 Å². The van der Waals surface area contributed by atoms with E-state index in [1.54, 1.807) is 0 Å². The van der Waals surface area contributed by atoms with Gasteiger partial charge in [-0.25, -0.2) is 0 Å². The van der Waals surface area contributed by atoms with Gasteiger partial charge in [0.25, 0.3) is 0 Å². The molecule has 2 fully saturated rings. The summed E-state index contributed by atoms with van der Waals surface area (Å²) < 4.78 is 5.53. The zero-order chi connectivity index (χ0) is 10.8. The molecule has 4 nitrogen and oxygen atoms in total. The van der Waals surface area contributed by atoms with Crippen molar-refractivity contribution >= 4 is 5.91 Å². The first kappa shape index (κ1) is 10.9. The molecule has 2 unspecified atom stereocenters. The molecule has 3 N–H and O–H groups in total. The van der Waals surface area contributed by atoms with Gasteiger partial charge in [0.15, 0.2) is 0 Å². The Morgan fingerprint density at radius 2 is 2.20 bits per heavy atom. The Morgan fingerprint density at radius 3 is 2.73 bits per heavy atom.